The van der Waals surface area contributed by atoms with E-state index in [2.05, 4.69) is 15.5 Å². The van der Waals surface area contributed by atoms with Crippen LogP contribution in [0.1, 0.15) is 10.6 Å². The van der Waals surface area contributed by atoms with Crippen LogP contribution in [0.5, 0.6) is 0 Å². The lowest BCUT2D eigenvalue weighted by Gasteiger charge is -2.02. The molecule has 27 heavy (non-hydrogen) atoms. The first-order valence-corrected chi connectivity index (χ1v) is 11.6. The quantitative estimate of drug-likeness (QED) is 0.421. The monoisotopic (exact) mass is 455 g/mol. The zero-order chi connectivity index (χ0) is 19.1. The minimum Gasteiger partial charge on any atom is -0.300 e. The maximum atomic E-state index is 12.1. The number of halogens is 2. The molecule has 0 bridgehead atoms. The normalized spacial score (nSPS) is 10.7. The molecule has 1 N–H and O–H groups in total. The summed E-state index contributed by atoms with van der Waals surface area (Å²) in [6.45, 7) is 0. The van der Waals surface area contributed by atoms with Gasteiger partial charge in [0.1, 0.15) is 5.01 Å². The van der Waals surface area contributed by atoms with Gasteiger partial charge in [-0.05, 0) is 42.0 Å². The molecule has 0 spiro atoms. The summed E-state index contributed by atoms with van der Waals surface area (Å²) in [5, 5.41) is 13.8. The lowest BCUT2D eigenvalue weighted by Crippen LogP contribution is -2.13. The third-order valence-electron chi connectivity index (χ3n) is 3.30. The first kappa shape index (κ1) is 20.5. The number of thioether (sulfide) groups is 2. The van der Waals surface area contributed by atoms with Crippen LogP contribution >= 0.6 is 58.1 Å². The lowest BCUT2D eigenvalue weighted by molar-refractivity contribution is -0.113. The second-order valence-electron chi connectivity index (χ2n) is 5.41. The Morgan fingerprint density at radius 1 is 0.963 bits per heavy atom. The van der Waals surface area contributed by atoms with E-state index < -0.39 is 0 Å². The van der Waals surface area contributed by atoms with E-state index >= 15 is 0 Å². The van der Waals surface area contributed by atoms with Gasteiger partial charge in [0.2, 0.25) is 11.0 Å². The van der Waals surface area contributed by atoms with E-state index in [-0.39, 0.29) is 5.91 Å². The van der Waals surface area contributed by atoms with Gasteiger partial charge in [0.15, 0.2) is 0 Å². The van der Waals surface area contributed by atoms with E-state index in [0.29, 0.717) is 15.9 Å². The Labute approximate surface area is 180 Å². The van der Waals surface area contributed by atoms with Gasteiger partial charge in [-0.2, -0.15) is 0 Å². The Morgan fingerprint density at radius 2 is 1.63 bits per heavy atom. The Morgan fingerprint density at radius 3 is 2.33 bits per heavy atom. The van der Waals surface area contributed by atoms with Crippen LogP contribution < -0.4 is 5.32 Å². The molecule has 0 unspecified atom stereocenters. The van der Waals surface area contributed by atoms with E-state index in [1.165, 1.54) is 28.7 Å². The van der Waals surface area contributed by atoms with E-state index in [1.807, 2.05) is 36.4 Å². The lowest BCUT2D eigenvalue weighted by atomic mass is 10.2. The number of aromatic nitrogens is 2. The van der Waals surface area contributed by atoms with Gasteiger partial charge in [-0.15, -0.1) is 33.7 Å². The molecule has 1 heterocycles. The molecule has 0 saturated carbocycles. The Hall–Kier alpha value is -1.25. The van der Waals surface area contributed by atoms with Gasteiger partial charge in [0.05, 0.1) is 5.75 Å². The second-order valence-corrected chi connectivity index (χ2v) is 9.38. The predicted molar refractivity (Wildman–Crippen MR) is 117 cm³/mol. The van der Waals surface area contributed by atoms with Crippen molar-refractivity contribution < 1.29 is 4.79 Å². The topological polar surface area (TPSA) is 54.9 Å². The minimum absolute atomic E-state index is 0.105. The van der Waals surface area contributed by atoms with Crippen molar-refractivity contribution in [2.75, 3.05) is 11.1 Å². The summed E-state index contributed by atoms with van der Waals surface area (Å²) in [6, 6.07) is 15.2. The number of rotatable bonds is 8. The smallest absolute Gasteiger partial charge is 0.236 e. The largest absolute Gasteiger partial charge is 0.300 e. The summed E-state index contributed by atoms with van der Waals surface area (Å²) in [6.07, 6.45) is 0. The molecule has 0 aliphatic heterocycles. The van der Waals surface area contributed by atoms with Crippen LogP contribution in [-0.4, -0.2) is 21.9 Å². The highest BCUT2D eigenvalue weighted by Crippen LogP contribution is 2.24. The van der Waals surface area contributed by atoms with Gasteiger partial charge in [-0.1, -0.05) is 46.7 Å². The van der Waals surface area contributed by atoms with Crippen molar-refractivity contribution in [3.8, 4) is 0 Å². The van der Waals surface area contributed by atoms with Gasteiger partial charge in [-0.25, -0.2) is 0 Å². The van der Waals surface area contributed by atoms with Gasteiger partial charge < -0.3 is 0 Å². The predicted octanol–water partition coefficient (Wildman–Crippen LogP) is 6.01. The molecule has 0 aliphatic rings. The van der Waals surface area contributed by atoms with Crippen LogP contribution in [0.25, 0.3) is 0 Å². The van der Waals surface area contributed by atoms with Crippen LogP contribution in [0.3, 0.4) is 0 Å². The van der Waals surface area contributed by atoms with E-state index in [4.69, 9.17) is 23.2 Å². The van der Waals surface area contributed by atoms with Crippen molar-refractivity contribution in [2.45, 2.75) is 16.4 Å². The molecule has 3 rings (SSSR count). The van der Waals surface area contributed by atoms with Gasteiger partial charge in [0, 0.05) is 26.4 Å². The SMILES string of the molecule is O=C(CSc1ccc(Cl)cc1)Nc1nnc(CSCc2ccc(Cl)cc2)s1. The molecule has 0 radical (unpaired) electrons. The number of hydrogen-bond acceptors (Lipinski definition) is 6. The molecule has 4 nitrogen and oxygen atoms in total. The van der Waals surface area contributed by atoms with E-state index in [0.717, 1.165) is 26.4 Å². The number of carbonyl (C=O) groups excluding carboxylic acids is 1. The zero-order valence-corrected chi connectivity index (χ0v) is 18.0. The van der Waals surface area contributed by atoms with Gasteiger partial charge >= 0.3 is 0 Å². The van der Waals surface area contributed by atoms with Crippen molar-refractivity contribution in [1.82, 2.24) is 10.2 Å². The molecule has 9 heteroatoms. The fourth-order valence-corrected chi connectivity index (χ4v) is 4.78. The fourth-order valence-electron chi connectivity index (χ4n) is 2.03. The average Bonchev–Trinajstić information content (AvgIpc) is 3.10. The molecular formula is C18H15Cl2N3OS3. The average molecular weight is 456 g/mol. The third-order valence-corrected chi connectivity index (χ3v) is 6.86. The van der Waals surface area contributed by atoms with E-state index in [9.17, 15) is 4.79 Å². The highest BCUT2D eigenvalue weighted by molar-refractivity contribution is 8.00. The first-order valence-electron chi connectivity index (χ1n) is 7.91. The molecule has 2 aromatic carbocycles. The van der Waals surface area contributed by atoms with Gasteiger partial charge in [-0.3, -0.25) is 10.1 Å². The van der Waals surface area contributed by atoms with Crippen LogP contribution in [0.15, 0.2) is 53.4 Å². The van der Waals surface area contributed by atoms with Crippen molar-refractivity contribution in [1.29, 1.82) is 0 Å². The van der Waals surface area contributed by atoms with Crippen molar-refractivity contribution in [3.05, 3.63) is 69.1 Å². The van der Waals surface area contributed by atoms with Crippen LogP contribution in [0.4, 0.5) is 5.13 Å². The number of benzene rings is 2. The summed E-state index contributed by atoms with van der Waals surface area (Å²) >= 11 is 16.3. The zero-order valence-electron chi connectivity index (χ0n) is 14.0. The van der Waals surface area contributed by atoms with Crippen LogP contribution in [-0.2, 0) is 16.3 Å². The second kappa shape index (κ2) is 10.3. The molecule has 1 amide bonds. The molecular weight excluding hydrogens is 441 g/mol. The Bertz CT molecular complexity index is 886. The Kier molecular flexibility index (Phi) is 7.84. The molecule has 0 fully saturated rings. The molecule has 0 aliphatic carbocycles. The van der Waals surface area contributed by atoms with Crippen molar-refractivity contribution >= 4 is 69.1 Å². The standard InChI is InChI=1S/C18H15Cl2N3OS3/c19-13-3-1-12(2-4-13)9-25-11-17-22-23-18(27-17)21-16(24)10-26-15-7-5-14(20)6-8-15/h1-8H,9-11H2,(H,21,23,24). The molecule has 0 atom stereocenters. The summed E-state index contributed by atoms with van der Waals surface area (Å²) in [4.78, 5) is 13.0. The summed E-state index contributed by atoms with van der Waals surface area (Å²) < 4.78 is 0. The first-order chi connectivity index (χ1) is 13.1. The number of nitrogens with zero attached hydrogens (tertiary/aromatic N) is 2. The number of amides is 1. The number of nitrogens with one attached hydrogen (secondary N) is 1. The number of carbonyl (C=O) groups is 1. The summed E-state index contributed by atoms with van der Waals surface area (Å²) in [7, 11) is 0. The number of anilines is 1. The molecule has 0 saturated heterocycles. The highest BCUT2D eigenvalue weighted by atomic mass is 35.5. The molecule has 140 valence electrons. The van der Waals surface area contributed by atoms with Crippen molar-refractivity contribution in [2.24, 2.45) is 0 Å². The fraction of sp³-hybridized carbons (Fsp3) is 0.167. The van der Waals surface area contributed by atoms with E-state index in [1.54, 1.807) is 23.9 Å². The van der Waals surface area contributed by atoms with Gasteiger partial charge in [0.25, 0.3) is 0 Å². The van der Waals surface area contributed by atoms with Crippen LogP contribution in [0, 0.1) is 0 Å². The Balaban J connectivity index is 1.41. The number of hydrogen-bond donors (Lipinski definition) is 1. The highest BCUT2D eigenvalue weighted by Gasteiger charge is 2.09. The molecule has 1 aromatic heterocycles. The molecule has 3 aromatic rings. The van der Waals surface area contributed by atoms with Crippen LogP contribution in [0.2, 0.25) is 10.0 Å². The summed E-state index contributed by atoms with van der Waals surface area (Å²) in [5.41, 5.74) is 1.21. The summed E-state index contributed by atoms with van der Waals surface area (Å²) in [5.74, 6) is 1.82. The maximum Gasteiger partial charge on any atom is 0.236 e. The minimum atomic E-state index is -0.105. The third kappa shape index (κ3) is 7.01. The van der Waals surface area contributed by atoms with Crippen molar-refractivity contribution in [3.63, 3.8) is 0 Å². The maximum absolute atomic E-state index is 12.1.